The van der Waals surface area contributed by atoms with Crippen molar-refractivity contribution in [2.75, 3.05) is 20.1 Å². The van der Waals surface area contributed by atoms with Gasteiger partial charge in [0.2, 0.25) is 15.9 Å². The quantitative estimate of drug-likeness (QED) is 0.802. The van der Waals surface area contributed by atoms with E-state index in [4.69, 9.17) is 0 Å². The molecular formula is C16H24N4O3S. The Morgan fingerprint density at radius 2 is 1.88 bits per heavy atom. The monoisotopic (exact) mass is 352 g/mol. The van der Waals surface area contributed by atoms with Crippen LogP contribution in [0.25, 0.3) is 0 Å². The van der Waals surface area contributed by atoms with Crippen molar-refractivity contribution >= 4 is 15.9 Å². The number of nitrogens with zero attached hydrogens (tertiary/aromatic N) is 4. The minimum Gasteiger partial charge on any atom is -0.339 e. The van der Waals surface area contributed by atoms with Gasteiger partial charge in [-0.25, -0.2) is 12.7 Å². The van der Waals surface area contributed by atoms with E-state index in [1.54, 1.807) is 8.99 Å². The third-order valence-corrected chi connectivity index (χ3v) is 8.49. The van der Waals surface area contributed by atoms with Crippen molar-refractivity contribution in [3.05, 3.63) is 18.0 Å². The SMILES string of the molecule is CN1C(=O)CC(c2cnn(C)c2)C12CCN(S(=O)(=O)C1CC1)CC2. The molecule has 2 aliphatic heterocycles. The maximum absolute atomic E-state index is 12.5. The van der Waals surface area contributed by atoms with Crippen LogP contribution in [0.2, 0.25) is 0 Å². The fraction of sp³-hybridized carbons (Fsp3) is 0.750. The largest absolute Gasteiger partial charge is 0.339 e. The third kappa shape index (κ3) is 2.30. The molecule has 1 amide bonds. The summed E-state index contributed by atoms with van der Waals surface area (Å²) in [4.78, 5) is 14.3. The molecule has 0 N–H and O–H groups in total. The Labute approximate surface area is 142 Å². The number of rotatable bonds is 3. The van der Waals surface area contributed by atoms with Gasteiger partial charge in [-0.15, -0.1) is 0 Å². The van der Waals surface area contributed by atoms with Crippen LogP contribution in [0.4, 0.5) is 0 Å². The first-order valence-corrected chi connectivity index (χ1v) is 10.1. The molecule has 1 aromatic rings. The van der Waals surface area contributed by atoms with Gasteiger partial charge in [0, 0.05) is 45.7 Å². The van der Waals surface area contributed by atoms with Gasteiger partial charge < -0.3 is 4.90 Å². The molecule has 1 unspecified atom stereocenters. The standard InChI is InChI=1S/C16H24N4O3S/c1-18-11-12(10-17-18)14-9-15(21)19(2)16(14)5-7-20(8-6-16)24(22,23)13-3-4-13/h10-11,13-14H,3-9H2,1-2H3. The summed E-state index contributed by atoms with van der Waals surface area (Å²) in [6.07, 6.45) is 7.28. The number of aromatic nitrogens is 2. The molecule has 3 aliphatic rings. The highest BCUT2D eigenvalue weighted by molar-refractivity contribution is 7.90. The maximum Gasteiger partial charge on any atom is 0.223 e. The zero-order chi connectivity index (χ0) is 17.1. The van der Waals surface area contributed by atoms with Gasteiger partial charge in [-0.05, 0) is 31.2 Å². The molecule has 7 nitrogen and oxygen atoms in total. The van der Waals surface area contributed by atoms with Crippen LogP contribution in [0, 0.1) is 0 Å². The molecule has 1 atom stereocenters. The van der Waals surface area contributed by atoms with E-state index in [2.05, 4.69) is 5.10 Å². The van der Waals surface area contributed by atoms with Gasteiger partial charge in [0.05, 0.1) is 17.0 Å². The van der Waals surface area contributed by atoms with Crippen LogP contribution in [-0.2, 0) is 21.9 Å². The van der Waals surface area contributed by atoms with E-state index in [1.807, 2.05) is 31.4 Å². The molecule has 1 spiro atoms. The second-order valence-electron chi connectivity index (χ2n) is 7.40. The highest BCUT2D eigenvalue weighted by Gasteiger charge is 2.54. The van der Waals surface area contributed by atoms with E-state index in [-0.39, 0.29) is 22.6 Å². The van der Waals surface area contributed by atoms with Crippen LogP contribution in [0.1, 0.15) is 43.6 Å². The zero-order valence-electron chi connectivity index (χ0n) is 14.2. The van der Waals surface area contributed by atoms with E-state index in [0.29, 0.717) is 32.4 Å². The first-order chi connectivity index (χ1) is 11.3. The van der Waals surface area contributed by atoms with Gasteiger partial charge in [-0.1, -0.05) is 0 Å². The summed E-state index contributed by atoms with van der Waals surface area (Å²) in [5.41, 5.74) is 0.795. The Bertz CT molecular complexity index is 760. The fourth-order valence-electron chi connectivity index (χ4n) is 4.42. The molecular weight excluding hydrogens is 328 g/mol. The van der Waals surface area contributed by atoms with Crippen LogP contribution < -0.4 is 0 Å². The average Bonchev–Trinajstić information content (AvgIpc) is 3.30. The first-order valence-electron chi connectivity index (χ1n) is 8.59. The first kappa shape index (κ1) is 16.1. The Morgan fingerprint density at radius 1 is 1.21 bits per heavy atom. The summed E-state index contributed by atoms with van der Waals surface area (Å²) in [5, 5.41) is 4.09. The summed E-state index contributed by atoms with van der Waals surface area (Å²) >= 11 is 0. The van der Waals surface area contributed by atoms with Crippen LogP contribution >= 0.6 is 0 Å². The van der Waals surface area contributed by atoms with Crippen LogP contribution in [-0.4, -0.2) is 64.2 Å². The number of piperidine rings is 1. The smallest absolute Gasteiger partial charge is 0.223 e. The van der Waals surface area contributed by atoms with Crippen molar-refractivity contribution in [3.63, 3.8) is 0 Å². The predicted octanol–water partition coefficient (Wildman–Crippen LogP) is 0.693. The third-order valence-electron chi connectivity index (χ3n) is 6.09. The molecule has 8 heteroatoms. The van der Waals surface area contributed by atoms with Gasteiger partial charge in [0.1, 0.15) is 0 Å². The number of likely N-dealkylation sites (tertiary alicyclic amines) is 1. The van der Waals surface area contributed by atoms with Crippen LogP contribution in [0.5, 0.6) is 0 Å². The molecule has 4 rings (SSSR count). The second kappa shape index (κ2) is 5.29. The highest BCUT2D eigenvalue weighted by atomic mass is 32.2. The second-order valence-corrected chi connectivity index (χ2v) is 9.62. The Kier molecular flexibility index (Phi) is 3.55. The van der Waals surface area contributed by atoms with Gasteiger partial charge in [0.15, 0.2) is 0 Å². The van der Waals surface area contributed by atoms with Crippen molar-refractivity contribution in [3.8, 4) is 0 Å². The normalized spacial score (nSPS) is 28.0. The predicted molar refractivity (Wildman–Crippen MR) is 88.8 cm³/mol. The van der Waals surface area contributed by atoms with E-state index in [1.165, 1.54) is 0 Å². The molecule has 1 saturated carbocycles. The van der Waals surface area contributed by atoms with E-state index in [9.17, 15) is 13.2 Å². The Morgan fingerprint density at radius 3 is 2.42 bits per heavy atom. The molecule has 1 aliphatic carbocycles. The molecule has 1 aromatic heterocycles. The number of sulfonamides is 1. The molecule has 3 heterocycles. The minimum atomic E-state index is -3.13. The number of amides is 1. The summed E-state index contributed by atoms with van der Waals surface area (Å²) < 4.78 is 28.4. The van der Waals surface area contributed by atoms with Crippen molar-refractivity contribution in [2.45, 2.75) is 48.8 Å². The number of likely N-dealkylation sites (N-methyl/N-ethyl adjacent to an activating group) is 1. The average molecular weight is 352 g/mol. The summed E-state index contributed by atoms with van der Waals surface area (Å²) in [7, 11) is 0.611. The number of carbonyl (C=O) groups is 1. The lowest BCUT2D eigenvalue weighted by Crippen LogP contribution is -2.55. The number of hydrogen-bond donors (Lipinski definition) is 0. The molecule has 2 saturated heterocycles. The Hall–Kier alpha value is -1.41. The molecule has 0 bridgehead atoms. The Balaban J connectivity index is 1.60. The molecule has 0 radical (unpaired) electrons. The van der Waals surface area contributed by atoms with E-state index >= 15 is 0 Å². The van der Waals surface area contributed by atoms with Gasteiger partial charge >= 0.3 is 0 Å². The fourth-order valence-corrected chi connectivity index (χ4v) is 6.27. The van der Waals surface area contributed by atoms with E-state index < -0.39 is 10.0 Å². The lowest BCUT2D eigenvalue weighted by Gasteiger charge is -2.46. The number of hydrogen-bond acceptors (Lipinski definition) is 4. The summed E-state index contributed by atoms with van der Waals surface area (Å²) in [5.74, 6) is 0.233. The molecule has 0 aromatic carbocycles. The maximum atomic E-state index is 12.5. The topological polar surface area (TPSA) is 75.5 Å². The van der Waals surface area contributed by atoms with Gasteiger partial charge in [-0.3, -0.25) is 9.48 Å². The molecule has 24 heavy (non-hydrogen) atoms. The number of carbonyl (C=O) groups excluding carboxylic acids is 1. The molecule has 132 valence electrons. The van der Waals surface area contributed by atoms with Gasteiger partial charge in [0.25, 0.3) is 0 Å². The minimum absolute atomic E-state index is 0.0921. The highest BCUT2D eigenvalue weighted by Crippen LogP contribution is 2.48. The zero-order valence-corrected chi connectivity index (χ0v) is 15.0. The van der Waals surface area contributed by atoms with E-state index in [0.717, 1.165) is 18.4 Å². The molecule has 3 fully saturated rings. The summed E-state index contributed by atoms with van der Waals surface area (Å²) in [6, 6.07) is 0. The van der Waals surface area contributed by atoms with Crippen molar-refractivity contribution in [2.24, 2.45) is 7.05 Å². The summed E-state index contributed by atoms with van der Waals surface area (Å²) in [6.45, 7) is 1.01. The lowest BCUT2D eigenvalue weighted by molar-refractivity contribution is -0.130. The van der Waals surface area contributed by atoms with Crippen molar-refractivity contribution in [1.82, 2.24) is 19.0 Å². The number of aryl methyl sites for hydroxylation is 1. The van der Waals surface area contributed by atoms with Crippen molar-refractivity contribution < 1.29 is 13.2 Å². The van der Waals surface area contributed by atoms with Gasteiger partial charge in [-0.2, -0.15) is 5.10 Å². The lowest BCUT2D eigenvalue weighted by atomic mass is 9.75. The van der Waals surface area contributed by atoms with Crippen LogP contribution in [0.3, 0.4) is 0 Å². The van der Waals surface area contributed by atoms with Crippen molar-refractivity contribution in [1.29, 1.82) is 0 Å². The van der Waals surface area contributed by atoms with Crippen LogP contribution in [0.15, 0.2) is 12.4 Å².